The maximum Gasteiger partial charge on any atom is 0.134 e. The minimum atomic E-state index is 0.697. The maximum atomic E-state index is 5.89. The Bertz CT molecular complexity index is 748. The number of ether oxygens (including phenoxy) is 1. The van der Waals surface area contributed by atoms with Gasteiger partial charge in [-0.25, -0.2) is 0 Å². The molecule has 3 aromatic rings. The third-order valence-corrected chi connectivity index (χ3v) is 4.11. The third kappa shape index (κ3) is 4.24. The molecule has 0 aliphatic rings. The Morgan fingerprint density at radius 3 is 2.35 bits per heavy atom. The molecule has 1 N–H and O–H groups in total. The lowest BCUT2D eigenvalue weighted by molar-refractivity contribution is 0.414. The van der Waals surface area contributed by atoms with Crippen molar-refractivity contribution in [3.63, 3.8) is 0 Å². The molecule has 1 aromatic heterocycles. The number of methoxy groups -OCH3 is 1. The van der Waals surface area contributed by atoms with E-state index in [2.05, 4.69) is 33.4 Å². The van der Waals surface area contributed by atoms with Crippen LogP contribution in [0, 0.1) is 0 Å². The quantitative estimate of drug-likeness (QED) is 0.661. The molecule has 4 heteroatoms. The highest BCUT2D eigenvalue weighted by atomic mass is 79.9. The lowest BCUT2D eigenvalue weighted by Crippen LogP contribution is -2.11. The molecule has 0 fully saturated rings. The van der Waals surface area contributed by atoms with E-state index in [0.717, 1.165) is 33.9 Å². The highest BCUT2D eigenvalue weighted by Gasteiger charge is 2.04. The summed E-state index contributed by atoms with van der Waals surface area (Å²) in [6, 6.07) is 20.2. The molecule has 0 atom stereocenters. The van der Waals surface area contributed by atoms with Gasteiger partial charge in [-0.15, -0.1) is 0 Å². The lowest BCUT2D eigenvalue weighted by Gasteiger charge is -2.05. The Morgan fingerprint density at radius 2 is 1.65 bits per heavy atom. The molecule has 23 heavy (non-hydrogen) atoms. The topological polar surface area (TPSA) is 34.4 Å². The highest BCUT2D eigenvalue weighted by molar-refractivity contribution is 9.10. The van der Waals surface area contributed by atoms with Crippen LogP contribution in [0.1, 0.15) is 11.3 Å². The van der Waals surface area contributed by atoms with Crippen molar-refractivity contribution in [3.05, 3.63) is 76.5 Å². The summed E-state index contributed by atoms with van der Waals surface area (Å²) in [6.45, 7) is 1.49. The van der Waals surface area contributed by atoms with Gasteiger partial charge in [0.25, 0.3) is 0 Å². The summed E-state index contributed by atoms with van der Waals surface area (Å²) in [7, 11) is 1.67. The van der Waals surface area contributed by atoms with Gasteiger partial charge >= 0.3 is 0 Å². The van der Waals surface area contributed by atoms with Crippen molar-refractivity contribution < 1.29 is 9.15 Å². The largest absolute Gasteiger partial charge is 0.497 e. The molecular formula is C19H18BrNO2. The van der Waals surface area contributed by atoms with Crippen LogP contribution < -0.4 is 10.1 Å². The number of rotatable bonds is 6. The number of halogens is 1. The van der Waals surface area contributed by atoms with Gasteiger partial charge in [-0.1, -0.05) is 40.2 Å². The van der Waals surface area contributed by atoms with Crippen LogP contribution in [0.5, 0.6) is 5.75 Å². The molecule has 3 rings (SSSR count). The molecule has 2 aromatic carbocycles. The van der Waals surface area contributed by atoms with Crippen LogP contribution in [-0.4, -0.2) is 7.11 Å². The molecule has 0 aliphatic carbocycles. The highest BCUT2D eigenvalue weighted by Crippen LogP contribution is 2.24. The molecule has 0 aliphatic heterocycles. The molecule has 0 radical (unpaired) electrons. The summed E-state index contributed by atoms with van der Waals surface area (Å²) in [5.74, 6) is 2.69. The monoisotopic (exact) mass is 371 g/mol. The second kappa shape index (κ2) is 7.49. The van der Waals surface area contributed by atoms with Crippen LogP contribution >= 0.6 is 15.9 Å². The summed E-state index contributed by atoms with van der Waals surface area (Å²) in [5.41, 5.74) is 2.29. The third-order valence-electron chi connectivity index (χ3n) is 3.58. The molecule has 0 spiro atoms. The first-order valence-electron chi connectivity index (χ1n) is 7.43. The Kier molecular flexibility index (Phi) is 5.16. The Balaban J connectivity index is 1.55. The molecule has 118 valence electrons. The van der Waals surface area contributed by atoms with Crippen molar-refractivity contribution in [1.82, 2.24) is 5.32 Å². The fourth-order valence-corrected chi connectivity index (χ4v) is 2.58. The van der Waals surface area contributed by atoms with E-state index in [1.54, 1.807) is 7.11 Å². The predicted octanol–water partition coefficient (Wildman–Crippen LogP) is 5.01. The van der Waals surface area contributed by atoms with Crippen LogP contribution in [-0.2, 0) is 13.1 Å². The average Bonchev–Trinajstić information content (AvgIpc) is 3.05. The summed E-state index contributed by atoms with van der Waals surface area (Å²) >= 11 is 3.44. The van der Waals surface area contributed by atoms with Crippen LogP contribution in [0.3, 0.4) is 0 Å². The van der Waals surface area contributed by atoms with E-state index < -0.39 is 0 Å². The Morgan fingerprint density at radius 1 is 0.913 bits per heavy atom. The van der Waals surface area contributed by atoms with Gasteiger partial charge in [-0.2, -0.15) is 0 Å². The second-order valence-corrected chi connectivity index (χ2v) is 6.14. The van der Waals surface area contributed by atoms with E-state index in [-0.39, 0.29) is 0 Å². The van der Waals surface area contributed by atoms with E-state index in [0.29, 0.717) is 6.54 Å². The van der Waals surface area contributed by atoms with Gasteiger partial charge in [-0.3, -0.25) is 0 Å². The van der Waals surface area contributed by atoms with Gasteiger partial charge in [-0.05, 0) is 42.0 Å². The molecule has 0 saturated carbocycles. The predicted molar refractivity (Wildman–Crippen MR) is 95.4 cm³/mol. The van der Waals surface area contributed by atoms with Crippen LogP contribution in [0.25, 0.3) is 11.3 Å². The van der Waals surface area contributed by atoms with Crippen molar-refractivity contribution in [2.24, 2.45) is 0 Å². The van der Waals surface area contributed by atoms with Crippen molar-refractivity contribution in [2.45, 2.75) is 13.1 Å². The summed E-state index contributed by atoms with van der Waals surface area (Å²) in [5, 5.41) is 3.39. The minimum Gasteiger partial charge on any atom is -0.497 e. The van der Waals surface area contributed by atoms with E-state index in [1.165, 1.54) is 5.56 Å². The van der Waals surface area contributed by atoms with Gasteiger partial charge in [0, 0.05) is 16.6 Å². The lowest BCUT2D eigenvalue weighted by atomic mass is 10.2. The first-order chi connectivity index (χ1) is 11.2. The zero-order chi connectivity index (χ0) is 16.1. The van der Waals surface area contributed by atoms with Crippen LogP contribution in [0.15, 0.2) is 69.6 Å². The molecule has 0 bridgehead atoms. The molecule has 0 amide bonds. The smallest absolute Gasteiger partial charge is 0.134 e. The van der Waals surface area contributed by atoms with E-state index in [1.807, 2.05) is 48.5 Å². The first-order valence-corrected chi connectivity index (χ1v) is 8.22. The molecular weight excluding hydrogens is 354 g/mol. The number of hydrogen-bond acceptors (Lipinski definition) is 3. The van der Waals surface area contributed by atoms with Gasteiger partial charge in [0.2, 0.25) is 0 Å². The molecule has 0 unspecified atom stereocenters. The average molecular weight is 372 g/mol. The zero-order valence-electron chi connectivity index (χ0n) is 12.9. The number of benzene rings is 2. The second-order valence-electron chi connectivity index (χ2n) is 5.22. The number of nitrogens with one attached hydrogen (secondary N) is 1. The number of furan rings is 1. The van der Waals surface area contributed by atoms with Gasteiger partial charge in [0.15, 0.2) is 0 Å². The SMILES string of the molecule is COc1ccc(CNCc2ccc(-c3ccc(Br)cc3)o2)cc1. The van der Waals surface area contributed by atoms with E-state index in [4.69, 9.17) is 9.15 Å². The number of hydrogen-bond donors (Lipinski definition) is 1. The normalized spacial score (nSPS) is 10.7. The minimum absolute atomic E-state index is 0.697. The van der Waals surface area contributed by atoms with E-state index >= 15 is 0 Å². The fourth-order valence-electron chi connectivity index (χ4n) is 2.32. The maximum absolute atomic E-state index is 5.89. The molecule has 3 nitrogen and oxygen atoms in total. The first kappa shape index (κ1) is 15.8. The summed E-state index contributed by atoms with van der Waals surface area (Å²) in [6.07, 6.45) is 0. The Hall–Kier alpha value is -2.04. The Labute approximate surface area is 144 Å². The van der Waals surface area contributed by atoms with Crippen molar-refractivity contribution in [3.8, 4) is 17.1 Å². The van der Waals surface area contributed by atoms with Crippen LogP contribution in [0.4, 0.5) is 0 Å². The molecule has 1 heterocycles. The van der Waals surface area contributed by atoms with Crippen molar-refractivity contribution >= 4 is 15.9 Å². The zero-order valence-corrected chi connectivity index (χ0v) is 14.5. The molecule has 0 saturated heterocycles. The van der Waals surface area contributed by atoms with Gasteiger partial charge in [0.05, 0.1) is 13.7 Å². The summed E-state index contributed by atoms with van der Waals surface area (Å²) < 4.78 is 12.1. The van der Waals surface area contributed by atoms with E-state index in [9.17, 15) is 0 Å². The summed E-state index contributed by atoms with van der Waals surface area (Å²) in [4.78, 5) is 0. The van der Waals surface area contributed by atoms with Crippen LogP contribution in [0.2, 0.25) is 0 Å². The van der Waals surface area contributed by atoms with Crippen molar-refractivity contribution in [2.75, 3.05) is 7.11 Å². The van der Waals surface area contributed by atoms with Gasteiger partial charge < -0.3 is 14.5 Å². The standard InChI is InChI=1S/C19H18BrNO2/c1-22-17-8-2-14(3-9-17)12-21-13-18-10-11-19(23-18)15-4-6-16(20)7-5-15/h2-11,21H,12-13H2,1H3. The van der Waals surface area contributed by atoms with Crippen molar-refractivity contribution in [1.29, 1.82) is 0 Å². The fraction of sp³-hybridized carbons (Fsp3) is 0.158. The van der Waals surface area contributed by atoms with Gasteiger partial charge in [0.1, 0.15) is 17.3 Å².